The van der Waals surface area contributed by atoms with Gasteiger partial charge in [-0.1, -0.05) is 0 Å². The molecule has 1 saturated heterocycles. The van der Waals surface area contributed by atoms with E-state index in [1.165, 1.54) is 43.6 Å². The molecule has 1 aliphatic carbocycles. The van der Waals surface area contributed by atoms with Gasteiger partial charge < -0.3 is 29.0 Å². The SMILES string of the molecule is C#CCC(CC#C)COC(=O)c1ccc(OC(=O)c2cn(C3CC3)c3c(OC)c(N4CC[NH2+]C(C)C4)c(F)cc3c2=O)cc1. The number of methoxy groups -OCH3 is 1. The number of terminal acetylenes is 2. The van der Waals surface area contributed by atoms with E-state index in [4.69, 9.17) is 27.1 Å². The van der Waals surface area contributed by atoms with E-state index in [1.807, 2.05) is 9.47 Å². The smallest absolute Gasteiger partial charge is 0.349 e. The molecule has 2 aromatic carbocycles. The molecule has 2 N–H and O–H groups in total. The Bertz CT molecular complexity index is 1700. The van der Waals surface area contributed by atoms with Gasteiger partial charge in [0.25, 0.3) is 0 Å². The minimum Gasteiger partial charge on any atom is -0.492 e. The average Bonchev–Trinajstić information content (AvgIpc) is 3.86. The Morgan fingerprint density at radius 3 is 2.45 bits per heavy atom. The van der Waals surface area contributed by atoms with Crippen molar-refractivity contribution >= 4 is 28.5 Å². The van der Waals surface area contributed by atoms with Crippen molar-refractivity contribution in [1.82, 2.24) is 4.57 Å². The molecule has 1 aliphatic heterocycles. The Kier molecular flexibility index (Phi) is 9.22. The van der Waals surface area contributed by atoms with Gasteiger partial charge >= 0.3 is 11.9 Å². The Hall–Kier alpha value is -4.80. The van der Waals surface area contributed by atoms with Gasteiger partial charge in [0.05, 0.1) is 49.8 Å². The lowest BCUT2D eigenvalue weighted by molar-refractivity contribution is -0.687. The van der Waals surface area contributed by atoms with Crippen LogP contribution < -0.4 is 25.1 Å². The molecule has 10 heteroatoms. The fraction of sp³-hybridized carbons (Fsp3) is 0.382. The van der Waals surface area contributed by atoms with E-state index in [9.17, 15) is 14.4 Å². The molecule has 2 fully saturated rings. The van der Waals surface area contributed by atoms with Crippen LogP contribution in [0.4, 0.5) is 10.1 Å². The number of benzene rings is 2. The number of carbonyl (C=O) groups is 2. The lowest BCUT2D eigenvalue weighted by Crippen LogP contribution is -2.94. The van der Waals surface area contributed by atoms with Gasteiger partial charge in [-0.25, -0.2) is 14.0 Å². The number of hydrogen-bond acceptors (Lipinski definition) is 7. The average molecular weight is 601 g/mol. The summed E-state index contributed by atoms with van der Waals surface area (Å²) in [5, 5.41) is 2.26. The Morgan fingerprint density at radius 2 is 1.84 bits per heavy atom. The minimum atomic E-state index is -0.892. The molecule has 0 bridgehead atoms. The molecule has 1 saturated carbocycles. The number of ether oxygens (including phenoxy) is 3. The number of quaternary nitrogens is 1. The summed E-state index contributed by atoms with van der Waals surface area (Å²) in [4.78, 5) is 41.4. The number of anilines is 1. The summed E-state index contributed by atoms with van der Waals surface area (Å²) in [6, 6.07) is 7.28. The molecule has 1 unspecified atom stereocenters. The van der Waals surface area contributed by atoms with Crippen LogP contribution in [0.15, 0.2) is 41.3 Å². The van der Waals surface area contributed by atoms with Crippen LogP contribution in [0.3, 0.4) is 0 Å². The van der Waals surface area contributed by atoms with Crippen LogP contribution in [0.2, 0.25) is 0 Å². The van der Waals surface area contributed by atoms with Gasteiger partial charge in [0, 0.05) is 31.0 Å². The molecule has 0 radical (unpaired) electrons. The van der Waals surface area contributed by atoms with E-state index >= 15 is 4.39 Å². The van der Waals surface area contributed by atoms with Crippen LogP contribution in [0.25, 0.3) is 10.9 Å². The second-order valence-electron chi connectivity index (χ2n) is 11.3. The van der Waals surface area contributed by atoms with Crippen LogP contribution in [0.5, 0.6) is 11.5 Å². The Balaban J connectivity index is 1.41. The van der Waals surface area contributed by atoms with Crippen LogP contribution in [0.1, 0.15) is 59.4 Å². The van der Waals surface area contributed by atoms with Crippen molar-refractivity contribution in [3.63, 3.8) is 0 Å². The van der Waals surface area contributed by atoms with Crippen LogP contribution in [-0.4, -0.2) is 55.9 Å². The number of aromatic nitrogens is 1. The maximum absolute atomic E-state index is 15.7. The normalized spacial score (nSPS) is 16.3. The second kappa shape index (κ2) is 13.2. The molecule has 0 spiro atoms. The number of pyridine rings is 1. The molecule has 0 amide bonds. The summed E-state index contributed by atoms with van der Waals surface area (Å²) in [6.07, 6.45) is 14.7. The van der Waals surface area contributed by atoms with Crippen molar-refractivity contribution in [2.24, 2.45) is 5.92 Å². The standard InChI is InChI=1S/C34H34FN3O6/c1-5-7-22(8-6-2)20-43-33(40)23-9-13-25(14-10-23)44-34(41)27-19-38(24-11-12-24)29-26(31(27)39)17-28(35)30(32(29)42-4)37-16-15-36-21(3)18-37/h1-2,9-10,13-14,17,19,21-22,24,36H,7-8,11-12,15-16,18,20H2,3-4H3/p+1. The Labute approximate surface area is 255 Å². The van der Waals surface area contributed by atoms with Crippen LogP contribution >= 0.6 is 0 Å². The van der Waals surface area contributed by atoms with E-state index < -0.39 is 23.2 Å². The highest BCUT2D eigenvalue weighted by Gasteiger charge is 2.33. The molecule has 1 atom stereocenters. The quantitative estimate of drug-likeness (QED) is 0.216. The van der Waals surface area contributed by atoms with E-state index in [0.29, 0.717) is 37.1 Å². The predicted octanol–water partition coefficient (Wildman–Crippen LogP) is 3.29. The van der Waals surface area contributed by atoms with Gasteiger partial charge in [-0.15, -0.1) is 24.7 Å². The summed E-state index contributed by atoms with van der Waals surface area (Å²) in [5.74, 6) is 3.26. The summed E-state index contributed by atoms with van der Waals surface area (Å²) in [6.45, 7) is 4.24. The van der Waals surface area contributed by atoms with Crippen molar-refractivity contribution < 1.29 is 33.5 Å². The fourth-order valence-corrected chi connectivity index (χ4v) is 5.57. The van der Waals surface area contributed by atoms with Crippen molar-refractivity contribution in [2.45, 2.75) is 44.7 Å². The van der Waals surface area contributed by atoms with Gasteiger partial charge in [0.15, 0.2) is 11.6 Å². The van der Waals surface area contributed by atoms with Crippen molar-refractivity contribution in [3.05, 3.63) is 63.7 Å². The molecule has 3 aromatic rings. The first kappa shape index (κ1) is 30.7. The number of esters is 2. The molecule has 44 heavy (non-hydrogen) atoms. The Morgan fingerprint density at radius 1 is 1.14 bits per heavy atom. The van der Waals surface area contributed by atoms with E-state index in [-0.39, 0.29) is 52.6 Å². The molecule has 2 aliphatic rings. The van der Waals surface area contributed by atoms with Crippen LogP contribution in [0, 0.1) is 36.4 Å². The molecular formula is C34H35FN3O6+. The number of nitrogens with two attached hydrogens (primary N) is 1. The van der Waals surface area contributed by atoms with E-state index in [0.717, 1.165) is 19.4 Å². The van der Waals surface area contributed by atoms with Gasteiger partial charge in [0.1, 0.15) is 23.0 Å². The first-order chi connectivity index (χ1) is 21.2. The zero-order chi connectivity index (χ0) is 31.4. The maximum atomic E-state index is 15.7. The molecule has 2 heterocycles. The fourth-order valence-electron chi connectivity index (χ4n) is 5.57. The number of fused-ring (bicyclic) bond motifs is 1. The minimum absolute atomic E-state index is 0.0386. The van der Waals surface area contributed by atoms with Gasteiger partial charge in [-0.05, 0) is 50.1 Å². The molecular weight excluding hydrogens is 565 g/mol. The first-order valence-corrected chi connectivity index (χ1v) is 14.7. The van der Waals surface area contributed by atoms with Crippen molar-refractivity contribution in [3.8, 4) is 36.2 Å². The second-order valence-corrected chi connectivity index (χ2v) is 11.3. The topological polar surface area (TPSA) is 104 Å². The van der Waals surface area contributed by atoms with E-state index in [2.05, 4.69) is 24.1 Å². The number of carbonyl (C=O) groups excluding carboxylic acids is 2. The molecule has 9 nitrogen and oxygen atoms in total. The zero-order valence-electron chi connectivity index (χ0n) is 24.8. The van der Waals surface area contributed by atoms with Gasteiger partial charge in [-0.2, -0.15) is 0 Å². The summed E-state index contributed by atoms with van der Waals surface area (Å²) in [5.41, 5.74) is 0.150. The molecule has 228 valence electrons. The highest BCUT2D eigenvalue weighted by molar-refractivity contribution is 5.98. The van der Waals surface area contributed by atoms with E-state index in [1.54, 1.807) is 0 Å². The zero-order valence-corrected chi connectivity index (χ0v) is 24.8. The lowest BCUT2D eigenvalue weighted by atomic mass is 10.0. The molecule has 1 aromatic heterocycles. The maximum Gasteiger partial charge on any atom is 0.349 e. The number of nitrogens with zero attached hydrogens (tertiary/aromatic N) is 2. The monoisotopic (exact) mass is 600 g/mol. The third kappa shape index (κ3) is 6.41. The summed E-state index contributed by atoms with van der Waals surface area (Å²) >= 11 is 0. The number of hydrogen-bond donors (Lipinski definition) is 1. The van der Waals surface area contributed by atoms with Crippen molar-refractivity contribution in [1.29, 1.82) is 0 Å². The summed E-state index contributed by atoms with van der Waals surface area (Å²) in [7, 11) is 1.47. The third-order valence-corrected chi connectivity index (χ3v) is 7.92. The van der Waals surface area contributed by atoms with Gasteiger partial charge in [0.2, 0.25) is 5.43 Å². The predicted molar refractivity (Wildman–Crippen MR) is 164 cm³/mol. The number of halogens is 1. The highest BCUT2D eigenvalue weighted by Crippen LogP contribution is 2.43. The molecule has 5 rings (SSSR count). The largest absolute Gasteiger partial charge is 0.492 e. The van der Waals surface area contributed by atoms with Gasteiger partial charge in [-0.3, -0.25) is 4.79 Å². The lowest BCUT2D eigenvalue weighted by Gasteiger charge is -2.33. The van der Waals surface area contributed by atoms with Crippen molar-refractivity contribution in [2.75, 3.05) is 38.3 Å². The first-order valence-electron chi connectivity index (χ1n) is 14.7. The number of piperazine rings is 1. The highest BCUT2D eigenvalue weighted by atomic mass is 19.1. The summed E-state index contributed by atoms with van der Waals surface area (Å²) < 4.78 is 34.2. The third-order valence-electron chi connectivity index (χ3n) is 7.92. The van der Waals surface area contributed by atoms with Crippen LogP contribution in [-0.2, 0) is 4.74 Å². The number of rotatable bonds is 10.